The highest BCUT2D eigenvalue weighted by Crippen LogP contribution is 2.15. The highest BCUT2D eigenvalue weighted by atomic mass is 16.7. The molecule has 0 spiro atoms. The topological polar surface area (TPSA) is 55.8 Å². The van der Waals surface area contributed by atoms with Crippen LogP contribution < -0.4 is 0 Å². The van der Waals surface area contributed by atoms with E-state index in [1.165, 1.54) is 38.5 Å². The second-order valence-corrected chi connectivity index (χ2v) is 7.78. The average molecular weight is 383 g/mol. The summed E-state index contributed by atoms with van der Waals surface area (Å²) in [5.41, 5.74) is 0. The molecule has 0 saturated carbocycles. The summed E-state index contributed by atoms with van der Waals surface area (Å²) in [6, 6.07) is 0. The van der Waals surface area contributed by atoms with E-state index in [4.69, 9.17) is 9.47 Å². The van der Waals surface area contributed by atoms with Crippen molar-refractivity contribution in [2.24, 2.45) is 0 Å². The molecule has 0 aromatic heterocycles. The molecule has 0 aliphatic carbocycles. The molecule has 0 radical (unpaired) electrons. The summed E-state index contributed by atoms with van der Waals surface area (Å²) in [6.07, 6.45) is 19.0. The van der Waals surface area contributed by atoms with Crippen LogP contribution >= 0.6 is 0 Å². The Morgan fingerprint density at radius 3 is 2.52 bits per heavy atom. The van der Waals surface area contributed by atoms with Crippen molar-refractivity contribution in [2.45, 2.75) is 116 Å². The Bertz CT molecular complexity index is 375. The Morgan fingerprint density at radius 2 is 1.81 bits per heavy atom. The molecule has 1 aliphatic heterocycles. The van der Waals surface area contributed by atoms with Gasteiger partial charge in [-0.1, -0.05) is 64.4 Å². The second-order valence-electron chi connectivity index (χ2n) is 7.78. The Labute approximate surface area is 166 Å². The predicted octanol–water partition coefficient (Wildman–Crippen LogP) is 5.72. The molecule has 27 heavy (non-hydrogen) atoms. The Balaban J connectivity index is 1.84. The first-order chi connectivity index (χ1) is 13.2. The molecule has 1 rings (SSSR count). The molecule has 1 aliphatic rings. The number of allylic oxidation sites excluding steroid dienone is 1. The van der Waals surface area contributed by atoms with Crippen molar-refractivity contribution >= 4 is 5.78 Å². The quantitative estimate of drug-likeness (QED) is 0.258. The zero-order chi connectivity index (χ0) is 19.6. The summed E-state index contributed by atoms with van der Waals surface area (Å²) in [6.45, 7) is 3.81. The first-order valence-electron chi connectivity index (χ1n) is 11.3. The Morgan fingerprint density at radius 1 is 1.07 bits per heavy atom. The third kappa shape index (κ3) is 15.0. The lowest BCUT2D eigenvalue weighted by Gasteiger charge is -2.22. The maximum absolute atomic E-state index is 11.8. The summed E-state index contributed by atoms with van der Waals surface area (Å²) in [4.78, 5) is 11.8. The molecule has 0 bridgehead atoms. The molecule has 1 unspecified atom stereocenters. The second kappa shape index (κ2) is 17.4. The number of ether oxygens (including phenoxy) is 2. The highest BCUT2D eigenvalue weighted by molar-refractivity contribution is 5.89. The van der Waals surface area contributed by atoms with Crippen molar-refractivity contribution < 1.29 is 19.4 Å². The molecule has 158 valence electrons. The standard InChI is InChI=1S/C23H42O4/c1-2-3-9-14-21(24)17-18-22(25)15-10-7-5-4-6-8-12-19-26-23-16-11-13-20-27-23/h17-18,21,23-24H,2-16,19-20H2,1H3/b18-17+/t21-,23?/m1/s1. The smallest absolute Gasteiger partial charge is 0.157 e. The van der Waals surface area contributed by atoms with E-state index in [0.29, 0.717) is 6.42 Å². The van der Waals surface area contributed by atoms with Crippen LogP contribution in [0.2, 0.25) is 0 Å². The number of rotatable bonds is 17. The van der Waals surface area contributed by atoms with E-state index in [-0.39, 0.29) is 12.1 Å². The van der Waals surface area contributed by atoms with Gasteiger partial charge < -0.3 is 14.6 Å². The van der Waals surface area contributed by atoms with Crippen molar-refractivity contribution in [1.29, 1.82) is 0 Å². The van der Waals surface area contributed by atoms with Crippen LogP contribution in [0.5, 0.6) is 0 Å². The summed E-state index contributed by atoms with van der Waals surface area (Å²) in [7, 11) is 0. The number of aliphatic hydroxyl groups excluding tert-OH is 1. The van der Waals surface area contributed by atoms with Crippen LogP contribution in [0.15, 0.2) is 12.2 Å². The summed E-state index contributed by atoms with van der Waals surface area (Å²) in [5, 5.41) is 9.77. The van der Waals surface area contributed by atoms with E-state index in [1.807, 2.05) is 0 Å². The van der Waals surface area contributed by atoms with Crippen molar-refractivity contribution in [3.05, 3.63) is 12.2 Å². The lowest BCUT2D eigenvalue weighted by molar-refractivity contribution is -0.162. The summed E-state index contributed by atoms with van der Waals surface area (Å²) >= 11 is 0. The first kappa shape index (κ1) is 24.3. The van der Waals surface area contributed by atoms with Gasteiger partial charge in [0.2, 0.25) is 0 Å². The number of carbonyl (C=O) groups excluding carboxylic acids is 1. The van der Waals surface area contributed by atoms with E-state index in [1.54, 1.807) is 12.2 Å². The van der Waals surface area contributed by atoms with Crippen molar-refractivity contribution in [3.8, 4) is 0 Å². The van der Waals surface area contributed by atoms with Crippen molar-refractivity contribution in [2.75, 3.05) is 13.2 Å². The van der Waals surface area contributed by atoms with Gasteiger partial charge in [0, 0.05) is 19.6 Å². The van der Waals surface area contributed by atoms with Gasteiger partial charge in [-0.05, 0) is 44.6 Å². The molecule has 1 fully saturated rings. The minimum absolute atomic E-state index is 0.0442. The molecule has 0 amide bonds. The average Bonchev–Trinajstić information content (AvgIpc) is 2.69. The zero-order valence-corrected chi connectivity index (χ0v) is 17.5. The predicted molar refractivity (Wildman–Crippen MR) is 111 cm³/mol. The van der Waals surface area contributed by atoms with Crippen LogP contribution in [-0.2, 0) is 14.3 Å². The highest BCUT2D eigenvalue weighted by Gasteiger charge is 2.13. The SMILES string of the molecule is CCCCC[C@@H](O)/C=C/C(=O)CCCCCCCCCOC1CCCCO1. The fraction of sp³-hybridized carbons (Fsp3) is 0.870. The number of unbranched alkanes of at least 4 members (excludes halogenated alkanes) is 8. The van der Waals surface area contributed by atoms with Gasteiger partial charge in [-0.3, -0.25) is 4.79 Å². The third-order valence-corrected chi connectivity index (χ3v) is 5.12. The zero-order valence-electron chi connectivity index (χ0n) is 17.5. The molecule has 0 aromatic rings. The lowest BCUT2D eigenvalue weighted by Crippen LogP contribution is -2.22. The Kier molecular flexibility index (Phi) is 15.7. The maximum atomic E-state index is 11.8. The molecular formula is C23H42O4. The van der Waals surface area contributed by atoms with Gasteiger partial charge in [0.15, 0.2) is 12.1 Å². The van der Waals surface area contributed by atoms with Gasteiger partial charge in [-0.2, -0.15) is 0 Å². The van der Waals surface area contributed by atoms with Gasteiger partial charge in [-0.25, -0.2) is 0 Å². The van der Waals surface area contributed by atoms with Crippen LogP contribution in [0.4, 0.5) is 0 Å². The van der Waals surface area contributed by atoms with E-state index < -0.39 is 6.10 Å². The van der Waals surface area contributed by atoms with Crippen molar-refractivity contribution in [3.63, 3.8) is 0 Å². The molecule has 1 N–H and O–H groups in total. The van der Waals surface area contributed by atoms with Crippen LogP contribution in [0.1, 0.15) is 103 Å². The molecule has 2 atom stereocenters. The summed E-state index contributed by atoms with van der Waals surface area (Å²) in [5.74, 6) is 0.145. The van der Waals surface area contributed by atoms with Crippen LogP contribution in [-0.4, -0.2) is 36.5 Å². The first-order valence-corrected chi connectivity index (χ1v) is 11.3. The summed E-state index contributed by atoms with van der Waals surface area (Å²) < 4.78 is 11.3. The normalized spacial score (nSPS) is 18.8. The molecular weight excluding hydrogens is 340 g/mol. The van der Waals surface area contributed by atoms with Gasteiger partial charge in [0.05, 0.1) is 6.10 Å². The van der Waals surface area contributed by atoms with E-state index in [2.05, 4.69) is 6.92 Å². The monoisotopic (exact) mass is 382 g/mol. The van der Waals surface area contributed by atoms with Gasteiger partial charge >= 0.3 is 0 Å². The number of hydrogen-bond acceptors (Lipinski definition) is 4. The largest absolute Gasteiger partial charge is 0.389 e. The van der Waals surface area contributed by atoms with E-state index in [9.17, 15) is 9.90 Å². The lowest BCUT2D eigenvalue weighted by atomic mass is 10.1. The molecule has 4 heteroatoms. The Hall–Kier alpha value is -0.710. The van der Waals surface area contributed by atoms with E-state index in [0.717, 1.165) is 64.6 Å². The minimum atomic E-state index is -0.464. The number of hydrogen-bond donors (Lipinski definition) is 1. The van der Waals surface area contributed by atoms with Gasteiger partial charge in [-0.15, -0.1) is 0 Å². The van der Waals surface area contributed by atoms with Crippen LogP contribution in [0.3, 0.4) is 0 Å². The molecule has 0 aromatic carbocycles. The third-order valence-electron chi connectivity index (χ3n) is 5.12. The number of ketones is 1. The van der Waals surface area contributed by atoms with Crippen LogP contribution in [0.25, 0.3) is 0 Å². The minimum Gasteiger partial charge on any atom is -0.389 e. The number of carbonyl (C=O) groups is 1. The fourth-order valence-electron chi connectivity index (χ4n) is 3.34. The fourth-order valence-corrected chi connectivity index (χ4v) is 3.34. The maximum Gasteiger partial charge on any atom is 0.157 e. The number of aliphatic hydroxyl groups is 1. The van der Waals surface area contributed by atoms with E-state index >= 15 is 0 Å². The molecule has 4 nitrogen and oxygen atoms in total. The van der Waals surface area contributed by atoms with Crippen molar-refractivity contribution in [1.82, 2.24) is 0 Å². The molecule has 1 saturated heterocycles. The van der Waals surface area contributed by atoms with Gasteiger partial charge in [0.25, 0.3) is 0 Å². The van der Waals surface area contributed by atoms with Gasteiger partial charge in [0.1, 0.15) is 0 Å². The molecule has 1 heterocycles. The van der Waals surface area contributed by atoms with Crippen LogP contribution in [0, 0.1) is 0 Å².